The number of amides is 1. The average molecular weight is 604 g/mol. The van der Waals surface area contributed by atoms with Crippen molar-refractivity contribution in [2.24, 2.45) is 5.92 Å². The number of fused-ring (bicyclic) bond motifs is 9. The van der Waals surface area contributed by atoms with Gasteiger partial charge >= 0.3 is 0 Å². The van der Waals surface area contributed by atoms with E-state index < -0.39 is 34.2 Å². The molecule has 6 nitrogen and oxygen atoms in total. The summed E-state index contributed by atoms with van der Waals surface area (Å²) in [5.74, 6) is -5.28. The summed E-state index contributed by atoms with van der Waals surface area (Å²) in [6, 6.07) is 12.8. The van der Waals surface area contributed by atoms with Crippen LogP contribution in [0.1, 0.15) is 80.3 Å². The number of alkyl halides is 2. The molecule has 3 aromatic rings. The summed E-state index contributed by atoms with van der Waals surface area (Å²) < 4.78 is 48.2. The first-order valence-electron chi connectivity index (χ1n) is 15.7. The molecule has 232 valence electrons. The van der Waals surface area contributed by atoms with Crippen LogP contribution in [0.2, 0.25) is 0 Å². The molecule has 9 heteroatoms. The number of pyridine rings is 1. The van der Waals surface area contributed by atoms with E-state index in [2.05, 4.69) is 22.8 Å². The quantitative estimate of drug-likeness (QED) is 0.318. The number of piperidine rings is 1. The zero-order valence-corrected chi connectivity index (χ0v) is 25.7. The maximum absolute atomic E-state index is 16.2. The number of anilines is 1. The second kappa shape index (κ2) is 11.4. The molecule has 3 aliphatic heterocycles. The van der Waals surface area contributed by atoms with E-state index in [1.165, 1.54) is 12.1 Å². The lowest BCUT2D eigenvalue weighted by Gasteiger charge is -2.37. The minimum absolute atomic E-state index is 0.0649. The number of carbonyl (C=O) groups is 1. The maximum atomic E-state index is 16.2. The fourth-order valence-electron chi connectivity index (χ4n) is 6.96. The molecule has 2 fully saturated rings. The van der Waals surface area contributed by atoms with Crippen LogP contribution in [0.15, 0.2) is 36.4 Å². The van der Waals surface area contributed by atoms with Gasteiger partial charge in [0.1, 0.15) is 5.82 Å². The van der Waals surface area contributed by atoms with Crippen molar-refractivity contribution in [2.75, 3.05) is 31.5 Å². The van der Waals surface area contributed by atoms with Crippen LogP contribution in [-0.2, 0) is 28.1 Å². The van der Waals surface area contributed by atoms with Crippen molar-refractivity contribution in [3.8, 4) is 6.07 Å². The minimum Gasteiger partial charge on any atom is -0.375 e. The number of benzene rings is 2. The van der Waals surface area contributed by atoms with E-state index >= 15 is 13.2 Å². The second-order valence-corrected chi connectivity index (χ2v) is 13.4. The van der Waals surface area contributed by atoms with E-state index in [0.717, 1.165) is 40.6 Å². The first-order chi connectivity index (χ1) is 20.9. The number of nitrogens with one attached hydrogen (secondary N) is 2. The molecule has 1 saturated carbocycles. The molecule has 4 aliphatic rings. The molecule has 1 aliphatic carbocycles. The molecular weight excluding hydrogens is 563 g/mol. The van der Waals surface area contributed by atoms with Crippen LogP contribution in [0.3, 0.4) is 0 Å². The van der Waals surface area contributed by atoms with Crippen LogP contribution in [-0.4, -0.2) is 42.0 Å². The lowest BCUT2D eigenvalue weighted by molar-refractivity contribution is -0.122. The fourth-order valence-corrected chi connectivity index (χ4v) is 6.96. The highest BCUT2D eigenvalue weighted by atomic mass is 19.3. The Balaban J connectivity index is 1.46. The molecular formula is C35H40F3N5O. The lowest BCUT2D eigenvalue weighted by atomic mass is 9.83. The van der Waals surface area contributed by atoms with Gasteiger partial charge in [0.05, 0.1) is 28.1 Å². The van der Waals surface area contributed by atoms with E-state index in [1.54, 1.807) is 19.9 Å². The molecule has 1 amide bonds. The van der Waals surface area contributed by atoms with Crippen LogP contribution in [0, 0.1) is 30.0 Å². The first-order valence-corrected chi connectivity index (χ1v) is 15.7. The van der Waals surface area contributed by atoms with Crippen molar-refractivity contribution in [2.45, 2.75) is 82.6 Å². The van der Waals surface area contributed by atoms with E-state index in [4.69, 9.17) is 4.98 Å². The van der Waals surface area contributed by atoms with Crippen LogP contribution < -0.4 is 10.6 Å². The van der Waals surface area contributed by atoms with Gasteiger partial charge in [0.2, 0.25) is 5.91 Å². The summed E-state index contributed by atoms with van der Waals surface area (Å²) in [6.07, 6.45) is 3.68. The topological polar surface area (TPSA) is 81.0 Å². The van der Waals surface area contributed by atoms with Gasteiger partial charge in [-0.25, -0.2) is 13.2 Å². The van der Waals surface area contributed by atoms with Crippen molar-refractivity contribution < 1.29 is 18.0 Å². The van der Waals surface area contributed by atoms with Gasteiger partial charge in [-0.2, -0.15) is 5.26 Å². The molecule has 0 unspecified atom stereocenters. The molecule has 1 aromatic heterocycles. The molecule has 0 atom stereocenters. The number of rotatable bonds is 1. The normalized spacial score (nSPS) is 24.5. The summed E-state index contributed by atoms with van der Waals surface area (Å²) in [7, 11) is 0. The van der Waals surface area contributed by atoms with Crippen molar-refractivity contribution >= 4 is 22.5 Å². The monoisotopic (exact) mass is 603 g/mol. The molecule has 1 saturated heterocycles. The smallest absolute Gasteiger partial charge is 0.278 e. The Bertz CT molecular complexity index is 1630. The Labute approximate surface area is 257 Å². The van der Waals surface area contributed by atoms with Gasteiger partial charge in [-0.05, 0) is 95.6 Å². The van der Waals surface area contributed by atoms with Crippen molar-refractivity contribution in [3.63, 3.8) is 0 Å². The van der Waals surface area contributed by atoms with E-state index in [0.29, 0.717) is 51.1 Å². The molecule has 2 aromatic carbocycles. The SMILES string of the molecule is Cc1cc2c3cc(C4(C#N)CC4)cc(c3n1)CCCNC(=O)CCN1CCC(CC1)C(F)(F)c1cccc(c1F)C(C)(C)N2. The number of aromatic nitrogens is 1. The maximum Gasteiger partial charge on any atom is 0.278 e. The van der Waals surface area contributed by atoms with Crippen LogP contribution in [0.4, 0.5) is 18.9 Å². The third-order valence-electron chi connectivity index (χ3n) is 9.82. The van der Waals surface area contributed by atoms with E-state index in [9.17, 15) is 10.1 Å². The highest BCUT2D eigenvalue weighted by molar-refractivity contribution is 5.95. The largest absolute Gasteiger partial charge is 0.375 e. The van der Waals surface area contributed by atoms with Gasteiger partial charge in [0.25, 0.3) is 5.92 Å². The number of aryl methyl sites for hydroxylation is 2. The van der Waals surface area contributed by atoms with Gasteiger partial charge < -0.3 is 15.5 Å². The molecule has 4 heterocycles. The molecule has 44 heavy (non-hydrogen) atoms. The van der Waals surface area contributed by atoms with Crippen LogP contribution in [0.25, 0.3) is 10.9 Å². The molecule has 0 spiro atoms. The Kier molecular flexibility index (Phi) is 7.86. The highest BCUT2D eigenvalue weighted by Gasteiger charge is 2.46. The third-order valence-corrected chi connectivity index (χ3v) is 9.82. The predicted molar refractivity (Wildman–Crippen MR) is 165 cm³/mol. The summed E-state index contributed by atoms with van der Waals surface area (Å²) in [6.45, 7) is 7.38. The molecule has 0 radical (unpaired) electrons. The van der Waals surface area contributed by atoms with Gasteiger partial charge in [0, 0.05) is 47.8 Å². The molecule has 2 N–H and O–H groups in total. The zero-order valence-electron chi connectivity index (χ0n) is 25.7. The standard InChI is InChI=1S/C35H40F3N5O/c1-22-18-29-26-20-25(34(21-39)12-13-34)19-23(32(26)41-22)6-5-14-40-30(44)11-17-43-15-9-24(10-16-43)35(37,38)28-8-4-7-27(31(28)36)33(2,3)42-29/h4,7-8,18-20,24,42H,5-6,9-17H2,1-3H3,(H,40,44). The van der Waals surface area contributed by atoms with Gasteiger partial charge in [0.15, 0.2) is 0 Å². The Morgan fingerprint density at radius 1 is 1.05 bits per heavy atom. The van der Waals surface area contributed by atoms with Crippen LogP contribution >= 0.6 is 0 Å². The Morgan fingerprint density at radius 3 is 2.48 bits per heavy atom. The number of hydrogen-bond acceptors (Lipinski definition) is 5. The number of hydrogen-bond donors (Lipinski definition) is 2. The highest BCUT2D eigenvalue weighted by Crippen LogP contribution is 2.49. The summed E-state index contributed by atoms with van der Waals surface area (Å²) in [4.78, 5) is 19.5. The second-order valence-electron chi connectivity index (χ2n) is 13.4. The van der Waals surface area contributed by atoms with Gasteiger partial charge in [-0.1, -0.05) is 24.3 Å². The zero-order chi connectivity index (χ0) is 31.3. The summed E-state index contributed by atoms with van der Waals surface area (Å²) in [5.41, 5.74) is 2.16. The minimum atomic E-state index is -3.34. The average Bonchev–Trinajstić information content (AvgIpc) is 3.79. The third kappa shape index (κ3) is 5.65. The van der Waals surface area contributed by atoms with E-state index in [1.807, 2.05) is 24.0 Å². The number of carbonyl (C=O) groups excluding carboxylic acids is 1. The van der Waals surface area contributed by atoms with Gasteiger partial charge in [-0.3, -0.25) is 9.78 Å². The number of nitrogens with zero attached hydrogens (tertiary/aromatic N) is 3. The van der Waals surface area contributed by atoms with E-state index in [-0.39, 0.29) is 24.3 Å². The molecule has 7 rings (SSSR count). The van der Waals surface area contributed by atoms with Crippen molar-refractivity contribution in [1.82, 2.24) is 15.2 Å². The van der Waals surface area contributed by atoms with Crippen molar-refractivity contribution in [3.05, 3.63) is 70.2 Å². The summed E-state index contributed by atoms with van der Waals surface area (Å²) >= 11 is 0. The Morgan fingerprint density at radius 2 is 1.77 bits per heavy atom. The van der Waals surface area contributed by atoms with Crippen LogP contribution in [0.5, 0.6) is 0 Å². The summed E-state index contributed by atoms with van der Waals surface area (Å²) in [5, 5.41) is 17.3. The van der Waals surface area contributed by atoms with Gasteiger partial charge in [-0.15, -0.1) is 0 Å². The number of halogens is 3. The first kappa shape index (κ1) is 30.4. The Hall–Kier alpha value is -3.64. The van der Waals surface area contributed by atoms with Crippen molar-refractivity contribution in [1.29, 1.82) is 5.26 Å². The lowest BCUT2D eigenvalue weighted by Crippen LogP contribution is -2.41. The fraction of sp³-hybridized carbons (Fsp3) is 0.514. The molecule has 8 bridgehead atoms. The predicted octanol–water partition coefficient (Wildman–Crippen LogP) is 6.84. The number of nitriles is 1.